The fourth-order valence-corrected chi connectivity index (χ4v) is 1.81. The molecule has 1 aliphatic heterocycles. The number of nitrogens with one attached hydrogen (secondary N) is 1. The Bertz CT molecular complexity index is 303. The van der Waals surface area contributed by atoms with E-state index in [9.17, 15) is 5.11 Å². The lowest BCUT2D eigenvalue weighted by atomic mass is 10.1. The first-order valence-corrected chi connectivity index (χ1v) is 5.14. The molecule has 1 fully saturated rings. The Balaban J connectivity index is 2.01. The second-order valence-corrected chi connectivity index (χ2v) is 3.77. The Morgan fingerprint density at radius 1 is 1.64 bits per heavy atom. The van der Waals surface area contributed by atoms with Crippen LogP contribution in [0, 0.1) is 5.92 Å². The van der Waals surface area contributed by atoms with Crippen molar-refractivity contribution in [2.24, 2.45) is 5.92 Å². The molecule has 1 saturated heterocycles. The molecular weight excluding hydrogens is 180 g/mol. The summed E-state index contributed by atoms with van der Waals surface area (Å²) in [6.07, 6.45) is 2.77. The number of aryl methyl sites for hydroxylation is 1. The molecule has 4 nitrogen and oxygen atoms in total. The van der Waals surface area contributed by atoms with E-state index >= 15 is 0 Å². The van der Waals surface area contributed by atoms with Crippen LogP contribution in [0.1, 0.15) is 24.9 Å². The Morgan fingerprint density at radius 3 is 3.07 bits per heavy atom. The normalized spacial score (nSPS) is 21.6. The number of ether oxygens (including phenoxy) is 1. The van der Waals surface area contributed by atoms with Gasteiger partial charge in [-0.05, 0) is 18.8 Å². The quantitative estimate of drug-likeness (QED) is 0.765. The first kappa shape index (κ1) is 9.52. The Kier molecular flexibility index (Phi) is 2.72. The Morgan fingerprint density at radius 2 is 2.50 bits per heavy atom. The summed E-state index contributed by atoms with van der Waals surface area (Å²) in [6, 6.07) is 0. The van der Waals surface area contributed by atoms with E-state index in [1.165, 1.54) is 0 Å². The van der Waals surface area contributed by atoms with Crippen LogP contribution in [-0.4, -0.2) is 28.3 Å². The molecule has 1 unspecified atom stereocenters. The number of hydrogen-bond donors (Lipinski definition) is 2. The SMILES string of the molecule is CCc1[nH]c(CC2CCOC2)nc1O. The van der Waals surface area contributed by atoms with Gasteiger partial charge in [0.15, 0.2) is 0 Å². The van der Waals surface area contributed by atoms with Gasteiger partial charge in [0.25, 0.3) is 0 Å². The number of H-pyrrole nitrogens is 1. The number of imidazole rings is 1. The molecule has 0 bridgehead atoms. The third-order valence-electron chi connectivity index (χ3n) is 2.67. The summed E-state index contributed by atoms with van der Waals surface area (Å²) in [5.41, 5.74) is 0.832. The first-order valence-electron chi connectivity index (χ1n) is 5.14. The summed E-state index contributed by atoms with van der Waals surface area (Å²) in [5, 5.41) is 9.43. The van der Waals surface area contributed by atoms with Crippen LogP contribution in [0.4, 0.5) is 0 Å². The highest BCUT2D eigenvalue weighted by atomic mass is 16.5. The van der Waals surface area contributed by atoms with Crippen LogP contribution in [0.15, 0.2) is 0 Å². The maximum Gasteiger partial charge on any atom is 0.232 e. The van der Waals surface area contributed by atoms with Crippen LogP contribution in [0.3, 0.4) is 0 Å². The smallest absolute Gasteiger partial charge is 0.232 e. The molecule has 1 aromatic rings. The monoisotopic (exact) mass is 196 g/mol. The second kappa shape index (κ2) is 4.00. The molecular formula is C10H16N2O2. The molecule has 0 saturated carbocycles. The summed E-state index contributed by atoms with van der Waals surface area (Å²) in [4.78, 5) is 7.23. The zero-order valence-corrected chi connectivity index (χ0v) is 8.42. The van der Waals surface area contributed by atoms with Gasteiger partial charge in [-0.2, -0.15) is 4.98 Å². The van der Waals surface area contributed by atoms with Gasteiger partial charge in [-0.1, -0.05) is 6.92 Å². The molecule has 1 atom stereocenters. The number of aromatic nitrogens is 2. The largest absolute Gasteiger partial charge is 0.492 e. The molecule has 0 aromatic carbocycles. The number of rotatable bonds is 3. The van der Waals surface area contributed by atoms with Crippen molar-refractivity contribution in [3.63, 3.8) is 0 Å². The topological polar surface area (TPSA) is 58.1 Å². The lowest BCUT2D eigenvalue weighted by Crippen LogP contribution is -2.04. The summed E-state index contributed by atoms with van der Waals surface area (Å²) >= 11 is 0. The average Bonchev–Trinajstić information content (AvgIpc) is 2.76. The summed E-state index contributed by atoms with van der Waals surface area (Å²) in [7, 11) is 0. The van der Waals surface area contributed by atoms with Gasteiger partial charge < -0.3 is 14.8 Å². The van der Waals surface area contributed by atoms with Gasteiger partial charge in [0, 0.05) is 19.6 Å². The van der Waals surface area contributed by atoms with Crippen molar-refractivity contribution >= 4 is 0 Å². The molecule has 78 valence electrons. The molecule has 1 aliphatic rings. The minimum Gasteiger partial charge on any atom is -0.492 e. The van der Waals surface area contributed by atoms with Crippen LogP contribution in [0.2, 0.25) is 0 Å². The summed E-state index contributed by atoms with van der Waals surface area (Å²) in [6.45, 7) is 3.68. The maximum atomic E-state index is 9.43. The highest BCUT2D eigenvalue weighted by Crippen LogP contribution is 2.20. The summed E-state index contributed by atoms with van der Waals surface area (Å²) in [5.74, 6) is 1.60. The first-order chi connectivity index (χ1) is 6.79. The minimum absolute atomic E-state index is 0.154. The molecule has 0 aliphatic carbocycles. The average molecular weight is 196 g/mol. The highest BCUT2D eigenvalue weighted by Gasteiger charge is 2.18. The van der Waals surface area contributed by atoms with Crippen LogP contribution in [-0.2, 0) is 17.6 Å². The van der Waals surface area contributed by atoms with E-state index in [0.29, 0.717) is 5.92 Å². The highest BCUT2D eigenvalue weighted by molar-refractivity contribution is 5.19. The molecule has 2 heterocycles. The number of aromatic amines is 1. The Hall–Kier alpha value is -1.03. The maximum absolute atomic E-state index is 9.43. The van der Waals surface area contributed by atoms with E-state index < -0.39 is 0 Å². The predicted octanol–water partition coefficient (Wildman–Crippen LogP) is 1.26. The van der Waals surface area contributed by atoms with Crippen LogP contribution in [0.5, 0.6) is 5.88 Å². The molecule has 2 N–H and O–H groups in total. The molecule has 14 heavy (non-hydrogen) atoms. The van der Waals surface area contributed by atoms with E-state index in [0.717, 1.165) is 44.0 Å². The predicted molar refractivity (Wildman–Crippen MR) is 52.3 cm³/mol. The molecule has 4 heteroatoms. The van der Waals surface area contributed by atoms with Crippen LogP contribution in [0.25, 0.3) is 0 Å². The molecule has 2 rings (SSSR count). The van der Waals surface area contributed by atoms with E-state index in [1.54, 1.807) is 0 Å². The van der Waals surface area contributed by atoms with Gasteiger partial charge in [0.2, 0.25) is 5.88 Å². The van der Waals surface area contributed by atoms with Crippen molar-refractivity contribution in [2.75, 3.05) is 13.2 Å². The van der Waals surface area contributed by atoms with E-state index in [4.69, 9.17) is 4.74 Å². The van der Waals surface area contributed by atoms with Crippen molar-refractivity contribution in [1.29, 1.82) is 0 Å². The van der Waals surface area contributed by atoms with Gasteiger partial charge in [0.1, 0.15) is 5.82 Å². The van der Waals surface area contributed by atoms with Gasteiger partial charge in [0.05, 0.1) is 5.69 Å². The Labute approximate surface area is 83.3 Å². The number of hydrogen-bond acceptors (Lipinski definition) is 3. The fourth-order valence-electron chi connectivity index (χ4n) is 1.81. The molecule has 0 radical (unpaired) electrons. The third kappa shape index (κ3) is 1.90. The molecule has 0 amide bonds. The van der Waals surface area contributed by atoms with Crippen molar-refractivity contribution in [1.82, 2.24) is 9.97 Å². The van der Waals surface area contributed by atoms with Gasteiger partial charge in [-0.25, -0.2) is 0 Å². The van der Waals surface area contributed by atoms with Crippen molar-refractivity contribution in [3.05, 3.63) is 11.5 Å². The van der Waals surface area contributed by atoms with Crippen molar-refractivity contribution < 1.29 is 9.84 Å². The van der Waals surface area contributed by atoms with E-state index in [-0.39, 0.29) is 5.88 Å². The molecule has 1 aromatic heterocycles. The zero-order chi connectivity index (χ0) is 9.97. The van der Waals surface area contributed by atoms with Crippen molar-refractivity contribution in [3.8, 4) is 5.88 Å². The minimum atomic E-state index is 0.154. The zero-order valence-electron chi connectivity index (χ0n) is 8.42. The lowest BCUT2D eigenvalue weighted by molar-refractivity contribution is 0.185. The second-order valence-electron chi connectivity index (χ2n) is 3.77. The lowest BCUT2D eigenvalue weighted by Gasteiger charge is -2.02. The van der Waals surface area contributed by atoms with Gasteiger partial charge >= 0.3 is 0 Å². The van der Waals surface area contributed by atoms with Crippen molar-refractivity contribution in [2.45, 2.75) is 26.2 Å². The molecule has 0 spiro atoms. The standard InChI is InChI=1S/C10H16N2O2/c1-2-8-10(13)12-9(11-8)5-7-3-4-14-6-7/h7,13H,2-6H2,1H3,(H,11,12). The number of nitrogens with zero attached hydrogens (tertiary/aromatic N) is 1. The fraction of sp³-hybridized carbons (Fsp3) is 0.700. The van der Waals surface area contributed by atoms with E-state index in [2.05, 4.69) is 9.97 Å². The van der Waals surface area contributed by atoms with Crippen LogP contribution < -0.4 is 0 Å². The van der Waals surface area contributed by atoms with Gasteiger partial charge in [-0.15, -0.1) is 0 Å². The van der Waals surface area contributed by atoms with E-state index in [1.807, 2.05) is 6.92 Å². The van der Waals surface area contributed by atoms with Gasteiger partial charge in [-0.3, -0.25) is 0 Å². The third-order valence-corrected chi connectivity index (χ3v) is 2.67. The number of aromatic hydroxyl groups is 1. The van der Waals surface area contributed by atoms with Crippen LogP contribution >= 0.6 is 0 Å². The summed E-state index contributed by atoms with van der Waals surface area (Å²) < 4.78 is 5.29.